The van der Waals surface area contributed by atoms with Crippen molar-refractivity contribution >= 4 is 16.7 Å². The van der Waals surface area contributed by atoms with Crippen LogP contribution in [-0.4, -0.2) is 0 Å². The van der Waals surface area contributed by atoms with Gasteiger partial charge < -0.3 is 10.2 Å². The molecule has 0 radical (unpaired) electrons. The normalized spacial score (nSPS) is 12.7. The molecular formula is C15H14FN3O. The number of halogens is 1. The standard InChI is InChI=1S/C15H14FN3O/c16-10-5-6-13-9(7-10)8-14(20-13)15(19-18)11-3-1-2-4-12(11)17/h1-8,15,19H,17-18H2. The van der Waals surface area contributed by atoms with Crippen LogP contribution in [-0.2, 0) is 0 Å². The Morgan fingerprint density at radius 1 is 1.10 bits per heavy atom. The van der Waals surface area contributed by atoms with Gasteiger partial charge in [0.25, 0.3) is 0 Å². The molecule has 1 unspecified atom stereocenters. The van der Waals surface area contributed by atoms with Gasteiger partial charge in [-0.05, 0) is 30.3 Å². The maximum atomic E-state index is 13.2. The predicted octanol–water partition coefficient (Wildman–Crippen LogP) is 2.71. The molecule has 0 aliphatic heterocycles. The van der Waals surface area contributed by atoms with Crippen LogP contribution in [0.5, 0.6) is 0 Å². The second kappa shape index (κ2) is 4.96. The predicted molar refractivity (Wildman–Crippen MR) is 76.2 cm³/mol. The van der Waals surface area contributed by atoms with Gasteiger partial charge in [0.05, 0.1) is 0 Å². The molecule has 0 saturated carbocycles. The Labute approximate surface area is 115 Å². The first-order valence-electron chi connectivity index (χ1n) is 6.18. The van der Waals surface area contributed by atoms with Gasteiger partial charge in [-0.15, -0.1) is 0 Å². The molecule has 5 heteroatoms. The number of hydrogen-bond donors (Lipinski definition) is 3. The van der Waals surface area contributed by atoms with E-state index in [0.29, 0.717) is 22.4 Å². The highest BCUT2D eigenvalue weighted by Crippen LogP contribution is 2.30. The van der Waals surface area contributed by atoms with E-state index in [0.717, 1.165) is 5.56 Å². The van der Waals surface area contributed by atoms with Gasteiger partial charge in [-0.25, -0.2) is 9.82 Å². The highest BCUT2D eigenvalue weighted by Gasteiger charge is 2.19. The molecule has 1 heterocycles. The van der Waals surface area contributed by atoms with Crippen molar-refractivity contribution in [2.45, 2.75) is 6.04 Å². The first-order chi connectivity index (χ1) is 9.69. The fourth-order valence-electron chi connectivity index (χ4n) is 2.28. The number of nitrogens with two attached hydrogens (primary N) is 2. The van der Waals surface area contributed by atoms with Crippen LogP contribution in [0.1, 0.15) is 17.4 Å². The van der Waals surface area contributed by atoms with Crippen LogP contribution in [0, 0.1) is 5.82 Å². The van der Waals surface area contributed by atoms with Crippen molar-refractivity contribution in [3.8, 4) is 0 Å². The molecule has 2 aromatic carbocycles. The summed E-state index contributed by atoms with van der Waals surface area (Å²) < 4.78 is 18.9. The van der Waals surface area contributed by atoms with Crippen LogP contribution in [0.25, 0.3) is 11.0 Å². The molecule has 0 aliphatic rings. The summed E-state index contributed by atoms with van der Waals surface area (Å²) >= 11 is 0. The molecule has 0 aliphatic carbocycles. The number of nitrogen functional groups attached to an aromatic ring is 1. The van der Waals surface area contributed by atoms with Crippen LogP contribution in [0.2, 0.25) is 0 Å². The molecule has 1 atom stereocenters. The minimum atomic E-state index is -0.383. The molecule has 5 N–H and O–H groups in total. The highest BCUT2D eigenvalue weighted by molar-refractivity contribution is 5.78. The fourth-order valence-corrected chi connectivity index (χ4v) is 2.28. The van der Waals surface area contributed by atoms with Crippen molar-refractivity contribution < 1.29 is 8.81 Å². The number of hydrazine groups is 1. The van der Waals surface area contributed by atoms with Crippen LogP contribution >= 0.6 is 0 Å². The van der Waals surface area contributed by atoms with Gasteiger partial charge in [0.1, 0.15) is 23.2 Å². The van der Waals surface area contributed by atoms with Gasteiger partial charge in [0.15, 0.2) is 0 Å². The molecule has 20 heavy (non-hydrogen) atoms. The van der Waals surface area contributed by atoms with Crippen LogP contribution < -0.4 is 17.0 Å². The summed E-state index contributed by atoms with van der Waals surface area (Å²) in [7, 11) is 0. The molecule has 0 saturated heterocycles. The number of hydrogen-bond acceptors (Lipinski definition) is 4. The molecule has 1 aromatic heterocycles. The van der Waals surface area contributed by atoms with Gasteiger partial charge in [-0.2, -0.15) is 0 Å². The average molecular weight is 271 g/mol. The lowest BCUT2D eigenvalue weighted by Crippen LogP contribution is -2.29. The van der Waals surface area contributed by atoms with Crippen LogP contribution in [0.4, 0.5) is 10.1 Å². The third-order valence-electron chi connectivity index (χ3n) is 3.26. The van der Waals surface area contributed by atoms with E-state index in [-0.39, 0.29) is 11.9 Å². The van der Waals surface area contributed by atoms with Gasteiger partial charge in [0.2, 0.25) is 0 Å². The Balaban J connectivity index is 2.10. The largest absolute Gasteiger partial charge is 0.459 e. The summed E-state index contributed by atoms with van der Waals surface area (Å²) in [6.07, 6.45) is 0. The third kappa shape index (κ3) is 2.13. The maximum Gasteiger partial charge on any atom is 0.134 e. The molecule has 3 rings (SSSR count). The SMILES string of the molecule is NNC(c1cc2cc(F)ccc2o1)c1ccccc1N. The Morgan fingerprint density at radius 2 is 1.90 bits per heavy atom. The van der Waals surface area contributed by atoms with Crippen molar-refractivity contribution in [2.24, 2.45) is 5.84 Å². The summed E-state index contributed by atoms with van der Waals surface area (Å²) in [4.78, 5) is 0. The first-order valence-corrected chi connectivity index (χ1v) is 6.18. The smallest absolute Gasteiger partial charge is 0.134 e. The van der Waals surface area contributed by atoms with E-state index in [4.69, 9.17) is 16.0 Å². The van der Waals surface area contributed by atoms with E-state index in [2.05, 4.69) is 5.43 Å². The Hall–Kier alpha value is -2.37. The summed E-state index contributed by atoms with van der Waals surface area (Å²) in [5.41, 5.74) is 10.7. The molecule has 3 aromatic rings. The third-order valence-corrected chi connectivity index (χ3v) is 3.26. The molecule has 0 bridgehead atoms. The summed E-state index contributed by atoms with van der Waals surface area (Å²) in [5.74, 6) is 5.90. The molecule has 102 valence electrons. The number of rotatable bonds is 3. The second-order valence-corrected chi connectivity index (χ2v) is 4.56. The lowest BCUT2D eigenvalue weighted by atomic mass is 10.0. The van der Waals surface area contributed by atoms with Crippen molar-refractivity contribution in [3.63, 3.8) is 0 Å². The quantitative estimate of drug-likeness (QED) is 0.389. The van der Waals surface area contributed by atoms with Gasteiger partial charge >= 0.3 is 0 Å². The number of benzene rings is 2. The van der Waals surface area contributed by atoms with Crippen molar-refractivity contribution in [1.29, 1.82) is 0 Å². The number of para-hydroxylation sites is 1. The van der Waals surface area contributed by atoms with Gasteiger partial charge in [-0.1, -0.05) is 18.2 Å². The van der Waals surface area contributed by atoms with E-state index in [1.54, 1.807) is 18.2 Å². The molecular weight excluding hydrogens is 257 g/mol. The van der Waals surface area contributed by atoms with Crippen LogP contribution in [0.15, 0.2) is 52.9 Å². The highest BCUT2D eigenvalue weighted by atomic mass is 19.1. The van der Waals surface area contributed by atoms with Crippen molar-refractivity contribution in [3.05, 3.63) is 65.7 Å². The minimum Gasteiger partial charge on any atom is -0.459 e. The number of nitrogens with one attached hydrogen (secondary N) is 1. The Morgan fingerprint density at radius 3 is 2.65 bits per heavy atom. The fraction of sp³-hybridized carbons (Fsp3) is 0.0667. The van der Waals surface area contributed by atoms with E-state index >= 15 is 0 Å². The Kier molecular flexibility index (Phi) is 3.14. The number of fused-ring (bicyclic) bond motifs is 1. The minimum absolute atomic E-state index is 0.304. The van der Waals surface area contributed by atoms with E-state index in [1.807, 2.05) is 18.2 Å². The monoisotopic (exact) mass is 271 g/mol. The molecule has 0 spiro atoms. The summed E-state index contributed by atoms with van der Waals surface area (Å²) in [6.45, 7) is 0. The zero-order valence-electron chi connectivity index (χ0n) is 10.6. The summed E-state index contributed by atoms with van der Waals surface area (Å²) in [5, 5.41) is 0.690. The van der Waals surface area contributed by atoms with E-state index in [9.17, 15) is 4.39 Å². The molecule has 0 fully saturated rings. The molecule has 0 amide bonds. The zero-order valence-corrected chi connectivity index (χ0v) is 10.6. The topological polar surface area (TPSA) is 77.2 Å². The van der Waals surface area contributed by atoms with Crippen molar-refractivity contribution in [1.82, 2.24) is 5.43 Å². The Bertz CT molecular complexity index is 754. The number of anilines is 1. The summed E-state index contributed by atoms with van der Waals surface area (Å²) in [6, 6.07) is 13.1. The molecule has 4 nitrogen and oxygen atoms in total. The lowest BCUT2D eigenvalue weighted by Gasteiger charge is -2.15. The van der Waals surface area contributed by atoms with Gasteiger partial charge in [0, 0.05) is 16.6 Å². The van der Waals surface area contributed by atoms with Crippen molar-refractivity contribution in [2.75, 3.05) is 5.73 Å². The first kappa shape index (κ1) is 12.7. The number of furan rings is 1. The van der Waals surface area contributed by atoms with Gasteiger partial charge in [-0.3, -0.25) is 5.84 Å². The zero-order chi connectivity index (χ0) is 14.1. The average Bonchev–Trinajstić information content (AvgIpc) is 2.84. The maximum absolute atomic E-state index is 13.2. The van der Waals surface area contributed by atoms with E-state index in [1.165, 1.54) is 12.1 Å². The van der Waals surface area contributed by atoms with E-state index < -0.39 is 0 Å². The van der Waals surface area contributed by atoms with Crippen LogP contribution in [0.3, 0.4) is 0 Å². The second-order valence-electron chi connectivity index (χ2n) is 4.56. The lowest BCUT2D eigenvalue weighted by molar-refractivity contribution is 0.478.